The summed E-state index contributed by atoms with van der Waals surface area (Å²) in [5.41, 5.74) is 5.57. The maximum atomic E-state index is 14.0. The summed E-state index contributed by atoms with van der Waals surface area (Å²) in [5, 5.41) is 6.12. The van der Waals surface area contributed by atoms with Crippen molar-refractivity contribution in [1.82, 2.24) is 20.4 Å². The van der Waals surface area contributed by atoms with E-state index in [2.05, 4.69) is 10.6 Å². The van der Waals surface area contributed by atoms with E-state index in [9.17, 15) is 19.2 Å². The molecule has 216 valence electrons. The van der Waals surface area contributed by atoms with Gasteiger partial charge in [-0.3, -0.25) is 19.3 Å². The van der Waals surface area contributed by atoms with Gasteiger partial charge in [0, 0.05) is 25.7 Å². The molecule has 0 bridgehead atoms. The molecule has 2 saturated carbocycles. The second-order valence-electron chi connectivity index (χ2n) is 12.5. The van der Waals surface area contributed by atoms with Crippen molar-refractivity contribution in [3.8, 4) is 0 Å². The highest BCUT2D eigenvalue weighted by molar-refractivity contribution is 5.94. The quantitative estimate of drug-likeness (QED) is 0.459. The molecule has 0 aromatic heterocycles. The lowest BCUT2D eigenvalue weighted by Gasteiger charge is -2.36. The van der Waals surface area contributed by atoms with Crippen LogP contribution in [0.15, 0.2) is 0 Å². The smallest absolute Gasteiger partial charge is 0.410 e. The lowest BCUT2D eigenvalue weighted by Crippen LogP contribution is -2.59. The molecule has 4 N–H and O–H groups in total. The molecule has 3 fully saturated rings. The standard InChI is InChI=1S/C28H49N5O5/c1-18(32(5)27(37)38-28(2,3)4)24(34)31-23(19-12-8-6-9-13-19)26(36)33-17-20(29)16-22(33)25(35)30-21-14-10-7-11-15-21/h18-23H,6-17,29H2,1-5H3,(H,30,35)(H,31,34)/t18-,20-,22-,23-/m0/s1. The van der Waals surface area contributed by atoms with Crippen LogP contribution in [0, 0.1) is 5.92 Å². The number of amides is 4. The monoisotopic (exact) mass is 535 g/mol. The van der Waals surface area contributed by atoms with Crippen LogP contribution in [0.5, 0.6) is 0 Å². The van der Waals surface area contributed by atoms with E-state index in [0.717, 1.165) is 57.8 Å². The van der Waals surface area contributed by atoms with E-state index in [0.29, 0.717) is 6.42 Å². The van der Waals surface area contributed by atoms with E-state index in [4.69, 9.17) is 10.5 Å². The molecule has 1 aliphatic heterocycles. The Labute approximate surface area is 227 Å². The van der Waals surface area contributed by atoms with Crippen LogP contribution in [0.25, 0.3) is 0 Å². The van der Waals surface area contributed by atoms with Crippen molar-refractivity contribution in [2.45, 2.75) is 134 Å². The van der Waals surface area contributed by atoms with Gasteiger partial charge < -0.3 is 26.0 Å². The van der Waals surface area contributed by atoms with Crippen molar-refractivity contribution in [3.63, 3.8) is 0 Å². The van der Waals surface area contributed by atoms with E-state index >= 15 is 0 Å². The molecule has 0 spiro atoms. The molecule has 3 rings (SSSR count). The SMILES string of the molecule is C[C@@H](C(=O)N[C@H](C(=O)N1C[C@@H](N)C[C@H]1C(=O)NC1CCCCC1)C1CCCCC1)N(C)C(=O)OC(C)(C)C. The number of likely N-dealkylation sites (N-methyl/N-ethyl adjacent to an activating group) is 1. The number of carbonyl (C=O) groups excluding carboxylic acids is 4. The number of rotatable bonds is 7. The Morgan fingerprint density at radius 2 is 1.55 bits per heavy atom. The molecule has 1 saturated heterocycles. The molecular weight excluding hydrogens is 486 g/mol. The van der Waals surface area contributed by atoms with Crippen LogP contribution in [0.2, 0.25) is 0 Å². The summed E-state index contributed by atoms with van der Waals surface area (Å²) >= 11 is 0. The largest absolute Gasteiger partial charge is 0.444 e. The lowest BCUT2D eigenvalue weighted by molar-refractivity contribution is -0.143. The van der Waals surface area contributed by atoms with Gasteiger partial charge in [-0.15, -0.1) is 0 Å². The fraction of sp³-hybridized carbons (Fsp3) is 0.857. The van der Waals surface area contributed by atoms with Gasteiger partial charge in [0.1, 0.15) is 23.7 Å². The number of nitrogens with zero attached hydrogens (tertiary/aromatic N) is 2. The Bertz CT molecular complexity index is 847. The number of hydrogen-bond acceptors (Lipinski definition) is 6. The fourth-order valence-corrected chi connectivity index (χ4v) is 5.87. The van der Waals surface area contributed by atoms with E-state index in [-0.39, 0.29) is 36.4 Å². The Hall–Kier alpha value is -2.36. The van der Waals surface area contributed by atoms with Crippen LogP contribution < -0.4 is 16.4 Å². The maximum absolute atomic E-state index is 14.0. The predicted octanol–water partition coefficient (Wildman–Crippen LogP) is 2.68. The first-order valence-corrected chi connectivity index (χ1v) is 14.5. The molecule has 2 aliphatic carbocycles. The van der Waals surface area contributed by atoms with Crippen LogP contribution >= 0.6 is 0 Å². The van der Waals surface area contributed by atoms with Gasteiger partial charge >= 0.3 is 6.09 Å². The van der Waals surface area contributed by atoms with Crippen molar-refractivity contribution in [1.29, 1.82) is 0 Å². The van der Waals surface area contributed by atoms with Crippen molar-refractivity contribution < 1.29 is 23.9 Å². The van der Waals surface area contributed by atoms with Crippen LogP contribution in [0.1, 0.15) is 98.3 Å². The molecular formula is C28H49N5O5. The highest BCUT2D eigenvalue weighted by Crippen LogP contribution is 2.30. The Balaban J connectivity index is 1.74. The number of ether oxygens (including phenoxy) is 1. The van der Waals surface area contributed by atoms with Gasteiger partial charge in [0.25, 0.3) is 0 Å². The molecule has 0 aromatic carbocycles. The first kappa shape index (κ1) is 30.2. The Morgan fingerprint density at radius 3 is 2.13 bits per heavy atom. The van der Waals surface area contributed by atoms with Crippen molar-refractivity contribution in [2.24, 2.45) is 11.7 Å². The molecule has 3 aliphatic rings. The number of carbonyl (C=O) groups is 4. The zero-order chi connectivity index (χ0) is 28.0. The van der Waals surface area contributed by atoms with E-state index in [1.54, 1.807) is 32.6 Å². The number of nitrogens with two attached hydrogens (primary N) is 1. The highest BCUT2D eigenvalue weighted by atomic mass is 16.6. The number of likely N-dealkylation sites (tertiary alicyclic amines) is 1. The first-order chi connectivity index (χ1) is 17.9. The molecule has 4 amide bonds. The summed E-state index contributed by atoms with van der Waals surface area (Å²) in [6, 6.07) is -2.39. The zero-order valence-electron chi connectivity index (χ0n) is 24.0. The average Bonchev–Trinajstić information content (AvgIpc) is 3.27. The molecule has 0 radical (unpaired) electrons. The number of nitrogens with one attached hydrogen (secondary N) is 2. The minimum absolute atomic E-state index is 0.0295. The molecule has 10 heteroatoms. The summed E-state index contributed by atoms with van der Waals surface area (Å²) in [5.74, 6) is -0.855. The summed E-state index contributed by atoms with van der Waals surface area (Å²) in [6.07, 6.45) is 9.85. The minimum atomic E-state index is -0.838. The van der Waals surface area contributed by atoms with Gasteiger partial charge in [0.15, 0.2) is 0 Å². The fourth-order valence-electron chi connectivity index (χ4n) is 5.87. The van der Waals surface area contributed by atoms with Crippen LogP contribution in [0.3, 0.4) is 0 Å². The summed E-state index contributed by atoms with van der Waals surface area (Å²) in [6.45, 7) is 7.20. The lowest BCUT2D eigenvalue weighted by atomic mass is 9.83. The summed E-state index contributed by atoms with van der Waals surface area (Å²) in [7, 11) is 1.51. The van der Waals surface area contributed by atoms with Gasteiger partial charge in [-0.25, -0.2) is 4.79 Å². The van der Waals surface area contributed by atoms with Crippen molar-refractivity contribution in [2.75, 3.05) is 13.6 Å². The van der Waals surface area contributed by atoms with Gasteiger partial charge in [-0.2, -0.15) is 0 Å². The summed E-state index contributed by atoms with van der Waals surface area (Å²) in [4.78, 5) is 56.0. The molecule has 0 aromatic rings. The van der Waals surface area contributed by atoms with Crippen molar-refractivity contribution in [3.05, 3.63) is 0 Å². The van der Waals surface area contributed by atoms with Crippen LogP contribution in [-0.2, 0) is 19.1 Å². The molecule has 0 unspecified atom stereocenters. The summed E-state index contributed by atoms with van der Waals surface area (Å²) < 4.78 is 5.41. The predicted molar refractivity (Wildman–Crippen MR) is 145 cm³/mol. The molecule has 4 atom stereocenters. The van der Waals surface area contributed by atoms with Crippen molar-refractivity contribution >= 4 is 23.8 Å². The Morgan fingerprint density at radius 1 is 0.974 bits per heavy atom. The van der Waals surface area contributed by atoms with Gasteiger partial charge in [0.2, 0.25) is 17.7 Å². The molecule has 1 heterocycles. The average molecular weight is 536 g/mol. The van der Waals surface area contributed by atoms with Crippen LogP contribution in [-0.4, -0.2) is 83.0 Å². The van der Waals surface area contributed by atoms with Gasteiger partial charge in [-0.1, -0.05) is 38.5 Å². The van der Waals surface area contributed by atoms with E-state index in [1.807, 2.05) is 0 Å². The third kappa shape index (κ3) is 8.07. The molecule has 10 nitrogen and oxygen atoms in total. The van der Waals surface area contributed by atoms with Gasteiger partial charge in [-0.05, 0) is 65.7 Å². The van der Waals surface area contributed by atoms with Gasteiger partial charge in [0.05, 0.1) is 0 Å². The van der Waals surface area contributed by atoms with Crippen LogP contribution in [0.4, 0.5) is 4.79 Å². The highest BCUT2D eigenvalue weighted by Gasteiger charge is 2.44. The second kappa shape index (κ2) is 13.1. The third-order valence-corrected chi connectivity index (χ3v) is 8.20. The topological polar surface area (TPSA) is 134 Å². The first-order valence-electron chi connectivity index (χ1n) is 14.5. The van der Waals surface area contributed by atoms with E-state index in [1.165, 1.54) is 18.4 Å². The zero-order valence-corrected chi connectivity index (χ0v) is 24.0. The van der Waals surface area contributed by atoms with E-state index < -0.39 is 35.7 Å². The minimum Gasteiger partial charge on any atom is -0.444 e. The number of hydrogen-bond donors (Lipinski definition) is 3. The normalized spacial score (nSPS) is 24.8. The molecule has 38 heavy (non-hydrogen) atoms. The second-order valence-corrected chi connectivity index (χ2v) is 12.5. The Kier molecular flexibility index (Phi) is 10.4. The third-order valence-electron chi connectivity index (χ3n) is 8.20. The maximum Gasteiger partial charge on any atom is 0.410 e.